The lowest BCUT2D eigenvalue weighted by molar-refractivity contribution is -0.122. The van der Waals surface area contributed by atoms with Crippen molar-refractivity contribution >= 4 is 27.3 Å². The van der Waals surface area contributed by atoms with Gasteiger partial charge in [0.25, 0.3) is 10.0 Å². The van der Waals surface area contributed by atoms with Crippen molar-refractivity contribution in [1.29, 1.82) is 0 Å². The number of aryl methyl sites for hydroxylation is 1. The normalized spacial score (nSPS) is 16.4. The first kappa shape index (κ1) is 20.0. The molecule has 27 heavy (non-hydrogen) atoms. The largest absolute Gasteiger partial charge is 0.343 e. The number of carbonyl (C=O) groups is 1. The summed E-state index contributed by atoms with van der Waals surface area (Å²) in [5, 5.41) is 6.72. The van der Waals surface area contributed by atoms with Crippen LogP contribution in [0.3, 0.4) is 0 Å². The van der Waals surface area contributed by atoms with Gasteiger partial charge in [-0.15, -0.1) is 11.3 Å². The lowest BCUT2D eigenvalue weighted by Crippen LogP contribution is -2.42. The molecule has 8 nitrogen and oxygen atoms in total. The Labute approximate surface area is 163 Å². The fraction of sp³-hybridized carbons (Fsp3) is 0.588. The Morgan fingerprint density at radius 2 is 2.00 bits per heavy atom. The molecule has 148 valence electrons. The maximum atomic E-state index is 12.7. The molecule has 1 aliphatic heterocycles. The van der Waals surface area contributed by atoms with Gasteiger partial charge in [-0.2, -0.15) is 9.29 Å². The number of piperidine rings is 1. The molecule has 0 spiro atoms. The first-order chi connectivity index (χ1) is 12.7. The molecule has 0 saturated carbocycles. The summed E-state index contributed by atoms with van der Waals surface area (Å²) in [6, 6.07) is 3.29. The van der Waals surface area contributed by atoms with E-state index in [-0.39, 0.29) is 12.3 Å². The molecule has 1 fully saturated rings. The van der Waals surface area contributed by atoms with E-state index in [0.717, 1.165) is 30.6 Å². The maximum Gasteiger partial charge on any atom is 0.252 e. The Balaban J connectivity index is 1.65. The average Bonchev–Trinajstić information content (AvgIpc) is 3.25. The van der Waals surface area contributed by atoms with E-state index in [1.54, 1.807) is 32.9 Å². The van der Waals surface area contributed by atoms with E-state index >= 15 is 0 Å². The quantitative estimate of drug-likeness (QED) is 0.780. The summed E-state index contributed by atoms with van der Waals surface area (Å²) in [6.07, 6.45) is 2.95. The van der Waals surface area contributed by atoms with Crippen molar-refractivity contribution in [3.8, 4) is 0 Å². The molecule has 0 aromatic carbocycles. The number of sulfonamides is 1. The number of carbonyl (C=O) groups excluding carboxylic acids is 1. The first-order valence-electron chi connectivity index (χ1n) is 8.89. The lowest BCUT2D eigenvalue weighted by atomic mass is 10.0. The maximum absolute atomic E-state index is 12.7. The predicted octanol–water partition coefficient (Wildman–Crippen LogP) is 2.21. The monoisotopic (exact) mass is 412 g/mol. The minimum Gasteiger partial charge on any atom is -0.343 e. The molecule has 1 N–H and O–H groups in total. The Morgan fingerprint density at radius 3 is 2.63 bits per heavy atom. The van der Waals surface area contributed by atoms with Gasteiger partial charge in [0.2, 0.25) is 11.8 Å². The smallest absolute Gasteiger partial charge is 0.252 e. The zero-order valence-electron chi connectivity index (χ0n) is 15.7. The molecule has 2 aromatic heterocycles. The zero-order chi connectivity index (χ0) is 19.7. The summed E-state index contributed by atoms with van der Waals surface area (Å²) in [6.45, 7) is 6.39. The third-order valence-electron chi connectivity index (χ3n) is 4.42. The first-order valence-corrected chi connectivity index (χ1v) is 11.1. The van der Waals surface area contributed by atoms with Gasteiger partial charge in [0.15, 0.2) is 5.82 Å². The number of aromatic nitrogens is 2. The highest BCUT2D eigenvalue weighted by Crippen LogP contribution is 2.27. The van der Waals surface area contributed by atoms with Crippen molar-refractivity contribution in [3.63, 3.8) is 0 Å². The summed E-state index contributed by atoms with van der Waals surface area (Å²) >= 11 is 1.15. The topological polar surface area (TPSA) is 105 Å². The van der Waals surface area contributed by atoms with Gasteiger partial charge in [0.1, 0.15) is 4.21 Å². The standard InChI is InChI=1S/C17H24N4O4S2/c1-12-18-16(20-25-12)17(2,3)19-14(22)11-13-7-8-15(26-13)27(23,24)21-9-5-4-6-10-21/h7-8H,4-6,9-11H2,1-3H3,(H,19,22). The molecule has 0 bridgehead atoms. The third-order valence-corrected chi connectivity index (χ3v) is 7.87. The van der Waals surface area contributed by atoms with E-state index in [9.17, 15) is 13.2 Å². The third kappa shape index (κ3) is 4.56. The molecule has 0 unspecified atom stereocenters. The average molecular weight is 413 g/mol. The van der Waals surface area contributed by atoms with E-state index in [2.05, 4.69) is 15.5 Å². The van der Waals surface area contributed by atoms with Gasteiger partial charge in [-0.3, -0.25) is 4.79 Å². The number of hydrogen-bond acceptors (Lipinski definition) is 7. The van der Waals surface area contributed by atoms with Crippen LogP contribution in [0.15, 0.2) is 20.9 Å². The summed E-state index contributed by atoms with van der Waals surface area (Å²) in [7, 11) is -3.46. The molecule has 0 radical (unpaired) electrons. The number of rotatable bonds is 6. The molecule has 3 rings (SSSR count). The van der Waals surface area contributed by atoms with Gasteiger partial charge in [0, 0.05) is 24.9 Å². The van der Waals surface area contributed by atoms with Crippen molar-refractivity contribution < 1.29 is 17.7 Å². The van der Waals surface area contributed by atoms with Crippen LogP contribution in [-0.4, -0.2) is 41.9 Å². The van der Waals surface area contributed by atoms with Crippen LogP contribution < -0.4 is 5.32 Å². The summed E-state index contributed by atoms with van der Waals surface area (Å²) in [5.41, 5.74) is -0.783. The number of nitrogens with zero attached hydrogens (tertiary/aromatic N) is 3. The highest BCUT2D eigenvalue weighted by Gasteiger charge is 2.30. The van der Waals surface area contributed by atoms with E-state index in [1.807, 2.05) is 0 Å². The molecule has 0 aliphatic carbocycles. The molecule has 1 amide bonds. The van der Waals surface area contributed by atoms with Gasteiger partial charge in [-0.1, -0.05) is 11.6 Å². The van der Waals surface area contributed by atoms with E-state index < -0.39 is 15.6 Å². The van der Waals surface area contributed by atoms with Gasteiger partial charge in [0.05, 0.1) is 12.0 Å². The molecule has 10 heteroatoms. The minimum atomic E-state index is -3.46. The Hall–Kier alpha value is -1.78. The molecule has 1 saturated heterocycles. The molecule has 1 aliphatic rings. The van der Waals surface area contributed by atoms with E-state index in [1.165, 1.54) is 4.31 Å². The second-order valence-electron chi connectivity index (χ2n) is 7.17. The molecule has 3 heterocycles. The van der Waals surface area contributed by atoms with Crippen molar-refractivity contribution in [2.45, 2.75) is 56.2 Å². The van der Waals surface area contributed by atoms with Gasteiger partial charge >= 0.3 is 0 Å². The highest BCUT2D eigenvalue weighted by molar-refractivity contribution is 7.91. The zero-order valence-corrected chi connectivity index (χ0v) is 17.3. The highest BCUT2D eigenvalue weighted by atomic mass is 32.2. The Bertz CT molecular complexity index is 911. The van der Waals surface area contributed by atoms with Crippen molar-refractivity contribution in [2.24, 2.45) is 0 Å². The summed E-state index contributed by atoms with van der Waals surface area (Å²) in [4.78, 5) is 17.3. The fourth-order valence-electron chi connectivity index (χ4n) is 2.98. The predicted molar refractivity (Wildman–Crippen MR) is 101 cm³/mol. The minimum absolute atomic E-state index is 0.0977. The second kappa shape index (κ2) is 7.69. The van der Waals surface area contributed by atoms with Gasteiger partial charge in [-0.25, -0.2) is 8.42 Å². The number of amides is 1. The number of hydrogen-bond donors (Lipinski definition) is 1. The van der Waals surface area contributed by atoms with Gasteiger partial charge in [-0.05, 0) is 38.8 Å². The Kier molecular flexibility index (Phi) is 5.68. The van der Waals surface area contributed by atoms with Crippen LogP contribution >= 0.6 is 11.3 Å². The molecular weight excluding hydrogens is 388 g/mol. The van der Waals surface area contributed by atoms with Crippen molar-refractivity contribution in [2.75, 3.05) is 13.1 Å². The number of thiophene rings is 1. The molecule has 0 atom stereocenters. The summed E-state index contributed by atoms with van der Waals surface area (Å²) < 4.78 is 32.2. The second-order valence-corrected chi connectivity index (χ2v) is 10.5. The fourth-order valence-corrected chi connectivity index (χ4v) is 6.01. The molecular formula is C17H24N4O4S2. The number of nitrogens with one attached hydrogen (secondary N) is 1. The van der Waals surface area contributed by atoms with Crippen LogP contribution in [0.25, 0.3) is 0 Å². The summed E-state index contributed by atoms with van der Waals surface area (Å²) in [5.74, 6) is 0.595. The van der Waals surface area contributed by atoms with Crippen molar-refractivity contribution in [1.82, 2.24) is 19.8 Å². The van der Waals surface area contributed by atoms with E-state index in [0.29, 0.717) is 33.9 Å². The van der Waals surface area contributed by atoms with E-state index in [4.69, 9.17) is 4.52 Å². The lowest BCUT2D eigenvalue weighted by Gasteiger charge is -2.25. The SMILES string of the molecule is Cc1nc(C(C)(C)NC(=O)Cc2ccc(S(=O)(=O)N3CCCCC3)s2)no1. The van der Waals surface area contributed by atoms with Gasteiger partial charge < -0.3 is 9.84 Å². The van der Waals surface area contributed by atoms with Crippen LogP contribution in [0.4, 0.5) is 0 Å². The van der Waals surface area contributed by atoms with Crippen molar-refractivity contribution in [3.05, 3.63) is 28.7 Å². The van der Waals surface area contributed by atoms with Crippen LogP contribution in [0.5, 0.6) is 0 Å². The molecule has 2 aromatic rings. The Morgan fingerprint density at radius 1 is 1.30 bits per heavy atom. The van der Waals surface area contributed by atoms with Crippen LogP contribution in [0, 0.1) is 6.92 Å². The van der Waals surface area contributed by atoms with Crippen LogP contribution in [0.2, 0.25) is 0 Å². The van der Waals surface area contributed by atoms with Crippen LogP contribution in [0.1, 0.15) is 49.7 Å². The van der Waals surface area contributed by atoms with Crippen LogP contribution in [-0.2, 0) is 26.8 Å².